The molecule has 0 aromatic carbocycles. The number of hydrogen-bond donors (Lipinski definition) is 1. The van der Waals surface area contributed by atoms with Crippen LogP contribution in [0.15, 0.2) is 6.20 Å². The van der Waals surface area contributed by atoms with Crippen molar-refractivity contribution >= 4 is 5.95 Å². The monoisotopic (exact) mass is 153 g/mol. The maximum Gasteiger partial charge on any atom is 0.220 e. The van der Waals surface area contributed by atoms with E-state index in [9.17, 15) is 4.39 Å². The number of nitrogens with two attached hydrogens (primary N) is 1. The van der Waals surface area contributed by atoms with Crippen LogP contribution in [0.2, 0.25) is 0 Å². The molecule has 0 unspecified atom stereocenters. The highest BCUT2D eigenvalue weighted by molar-refractivity contribution is 5.23. The molecule has 1 fully saturated rings. The fraction of sp³-hybridized carbons (Fsp3) is 0.429. The Morgan fingerprint density at radius 1 is 1.55 bits per heavy atom. The summed E-state index contributed by atoms with van der Waals surface area (Å²) in [6.07, 6.45) is 3.18. The molecule has 1 aromatic heterocycles. The molecule has 0 saturated heterocycles. The standard InChI is InChI=1S/C7H8FN3/c8-5-3-10-7(9)11-6(5)4-1-2-4/h3-4H,1-2H2,(H2,9,10,11). The first-order valence-corrected chi connectivity index (χ1v) is 3.55. The first-order valence-electron chi connectivity index (χ1n) is 3.55. The summed E-state index contributed by atoms with van der Waals surface area (Å²) < 4.78 is 12.9. The highest BCUT2D eigenvalue weighted by Gasteiger charge is 2.28. The van der Waals surface area contributed by atoms with Crippen LogP contribution in [0.5, 0.6) is 0 Å². The molecule has 4 heteroatoms. The topological polar surface area (TPSA) is 51.8 Å². The quantitative estimate of drug-likeness (QED) is 0.656. The molecule has 0 spiro atoms. The van der Waals surface area contributed by atoms with E-state index in [1.807, 2.05) is 0 Å². The Labute approximate surface area is 63.5 Å². The van der Waals surface area contributed by atoms with Gasteiger partial charge in [-0.2, -0.15) is 0 Å². The van der Waals surface area contributed by atoms with Crippen LogP contribution in [-0.2, 0) is 0 Å². The molecule has 1 aliphatic rings. The Hall–Kier alpha value is -1.19. The van der Waals surface area contributed by atoms with Gasteiger partial charge in [0.15, 0.2) is 5.82 Å². The average Bonchev–Trinajstić information content (AvgIpc) is 2.76. The summed E-state index contributed by atoms with van der Waals surface area (Å²) in [6, 6.07) is 0. The highest BCUT2D eigenvalue weighted by Crippen LogP contribution is 2.39. The van der Waals surface area contributed by atoms with E-state index in [4.69, 9.17) is 5.73 Å². The van der Waals surface area contributed by atoms with Gasteiger partial charge < -0.3 is 5.73 Å². The van der Waals surface area contributed by atoms with E-state index in [1.165, 1.54) is 0 Å². The largest absolute Gasteiger partial charge is 0.368 e. The van der Waals surface area contributed by atoms with Crippen molar-refractivity contribution in [3.63, 3.8) is 0 Å². The molecule has 58 valence electrons. The number of halogens is 1. The Morgan fingerprint density at radius 2 is 2.27 bits per heavy atom. The molecular weight excluding hydrogens is 145 g/mol. The van der Waals surface area contributed by atoms with Crippen LogP contribution >= 0.6 is 0 Å². The fourth-order valence-corrected chi connectivity index (χ4v) is 1.04. The number of hydrogen-bond acceptors (Lipinski definition) is 3. The van der Waals surface area contributed by atoms with Gasteiger partial charge in [0.1, 0.15) is 0 Å². The molecule has 0 atom stereocenters. The van der Waals surface area contributed by atoms with E-state index in [0.29, 0.717) is 11.6 Å². The van der Waals surface area contributed by atoms with Gasteiger partial charge in [-0.05, 0) is 12.8 Å². The number of aromatic nitrogens is 2. The van der Waals surface area contributed by atoms with E-state index in [1.54, 1.807) is 0 Å². The summed E-state index contributed by atoms with van der Waals surface area (Å²) in [5.41, 5.74) is 5.79. The highest BCUT2D eigenvalue weighted by atomic mass is 19.1. The van der Waals surface area contributed by atoms with E-state index in [-0.39, 0.29) is 11.8 Å². The third-order valence-electron chi connectivity index (χ3n) is 1.75. The Bertz CT molecular complexity index is 283. The van der Waals surface area contributed by atoms with Gasteiger partial charge in [-0.15, -0.1) is 0 Å². The second kappa shape index (κ2) is 2.15. The molecular formula is C7H8FN3. The third-order valence-corrected chi connectivity index (χ3v) is 1.75. The number of rotatable bonds is 1. The SMILES string of the molecule is Nc1ncc(F)c(C2CC2)n1. The molecule has 1 heterocycles. The van der Waals surface area contributed by atoms with Gasteiger partial charge in [0.05, 0.1) is 11.9 Å². The lowest BCUT2D eigenvalue weighted by Gasteiger charge is -1.98. The van der Waals surface area contributed by atoms with Crippen molar-refractivity contribution in [2.24, 2.45) is 0 Å². The van der Waals surface area contributed by atoms with Crippen LogP contribution in [-0.4, -0.2) is 9.97 Å². The van der Waals surface area contributed by atoms with Gasteiger partial charge in [0.25, 0.3) is 0 Å². The molecule has 2 N–H and O–H groups in total. The number of nitrogens with zero attached hydrogens (tertiary/aromatic N) is 2. The molecule has 0 radical (unpaired) electrons. The van der Waals surface area contributed by atoms with Crippen LogP contribution in [0.3, 0.4) is 0 Å². The molecule has 1 aromatic rings. The van der Waals surface area contributed by atoms with Gasteiger partial charge in [-0.25, -0.2) is 14.4 Å². The molecule has 11 heavy (non-hydrogen) atoms. The smallest absolute Gasteiger partial charge is 0.220 e. The average molecular weight is 153 g/mol. The molecule has 0 bridgehead atoms. The predicted molar refractivity (Wildman–Crippen MR) is 38.4 cm³/mol. The lowest BCUT2D eigenvalue weighted by molar-refractivity contribution is 0.593. The van der Waals surface area contributed by atoms with Crippen molar-refractivity contribution in [2.75, 3.05) is 5.73 Å². The fourth-order valence-electron chi connectivity index (χ4n) is 1.04. The summed E-state index contributed by atoms with van der Waals surface area (Å²) in [6.45, 7) is 0. The van der Waals surface area contributed by atoms with Gasteiger partial charge in [0, 0.05) is 5.92 Å². The summed E-state index contributed by atoms with van der Waals surface area (Å²) >= 11 is 0. The van der Waals surface area contributed by atoms with E-state index in [2.05, 4.69) is 9.97 Å². The number of anilines is 1. The Morgan fingerprint density at radius 3 is 2.91 bits per heavy atom. The van der Waals surface area contributed by atoms with Crippen LogP contribution in [0.25, 0.3) is 0 Å². The first kappa shape index (κ1) is 6.52. The molecule has 1 saturated carbocycles. The van der Waals surface area contributed by atoms with Gasteiger partial charge in [0.2, 0.25) is 5.95 Å². The van der Waals surface area contributed by atoms with Crippen molar-refractivity contribution in [2.45, 2.75) is 18.8 Å². The Kier molecular flexibility index (Phi) is 1.27. The zero-order valence-corrected chi connectivity index (χ0v) is 5.92. The van der Waals surface area contributed by atoms with Crippen LogP contribution in [0, 0.1) is 5.82 Å². The maximum atomic E-state index is 12.9. The minimum Gasteiger partial charge on any atom is -0.368 e. The Balaban J connectivity index is 2.42. The number of nitrogen functional groups attached to an aromatic ring is 1. The van der Waals surface area contributed by atoms with Crippen molar-refractivity contribution in [1.82, 2.24) is 9.97 Å². The van der Waals surface area contributed by atoms with Gasteiger partial charge in [-0.3, -0.25) is 0 Å². The van der Waals surface area contributed by atoms with E-state index >= 15 is 0 Å². The maximum absolute atomic E-state index is 12.9. The summed E-state index contributed by atoms with van der Waals surface area (Å²) in [7, 11) is 0. The van der Waals surface area contributed by atoms with Crippen molar-refractivity contribution in [3.8, 4) is 0 Å². The van der Waals surface area contributed by atoms with Crippen molar-refractivity contribution in [3.05, 3.63) is 17.7 Å². The minimum absolute atomic E-state index is 0.160. The van der Waals surface area contributed by atoms with Crippen molar-refractivity contribution in [1.29, 1.82) is 0 Å². The minimum atomic E-state index is -0.332. The molecule has 3 nitrogen and oxygen atoms in total. The second-order valence-corrected chi connectivity index (χ2v) is 2.74. The molecule has 2 rings (SSSR count). The molecule has 1 aliphatic carbocycles. The normalized spacial score (nSPS) is 16.8. The van der Waals surface area contributed by atoms with Crippen LogP contribution < -0.4 is 5.73 Å². The van der Waals surface area contributed by atoms with Crippen LogP contribution in [0.1, 0.15) is 24.5 Å². The summed E-state index contributed by atoms with van der Waals surface area (Å²) in [4.78, 5) is 7.37. The summed E-state index contributed by atoms with van der Waals surface area (Å²) in [5, 5.41) is 0. The van der Waals surface area contributed by atoms with Gasteiger partial charge in [-0.1, -0.05) is 0 Å². The lowest BCUT2D eigenvalue weighted by atomic mass is 10.3. The van der Waals surface area contributed by atoms with Crippen LogP contribution in [0.4, 0.5) is 10.3 Å². The second-order valence-electron chi connectivity index (χ2n) is 2.74. The molecule has 0 amide bonds. The lowest BCUT2D eigenvalue weighted by Crippen LogP contribution is -2.00. The zero-order valence-electron chi connectivity index (χ0n) is 5.92. The van der Waals surface area contributed by atoms with E-state index < -0.39 is 0 Å². The van der Waals surface area contributed by atoms with Crippen molar-refractivity contribution < 1.29 is 4.39 Å². The zero-order chi connectivity index (χ0) is 7.84. The molecule has 0 aliphatic heterocycles. The predicted octanol–water partition coefficient (Wildman–Crippen LogP) is 1.08. The van der Waals surface area contributed by atoms with Gasteiger partial charge >= 0.3 is 0 Å². The van der Waals surface area contributed by atoms with E-state index in [0.717, 1.165) is 19.0 Å². The first-order chi connectivity index (χ1) is 5.27. The third kappa shape index (κ3) is 1.15. The summed E-state index contributed by atoms with van der Waals surface area (Å²) in [5.74, 6) is 0.121.